The van der Waals surface area contributed by atoms with E-state index in [2.05, 4.69) is 22.1 Å². The maximum absolute atomic E-state index is 11.4. The Hall–Kier alpha value is -2.57. The van der Waals surface area contributed by atoms with Gasteiger partial charge in [-0.15, -0.1) is 11.8 Å². The van der Waals surface area contributed by atoms with E-state index in [0.717, 1.165) is 22.5 Å². The molecule has 3 aromatic rings. The molecule has 4 N–H and O–H groups in total. The fraction of sp³-hybridized carbons (Fsp3) is 0.158. The average Bonchev–Trinajstić information content (AvgIpc) is 3.06. The summed E-state index contributed by atoms with van der Waals surface area (Å²) in [5.41, 5.74) is 10.0. The zero-order valence-electron chi connectivity index (χ0n) is 13.8. The predicted octanol–water partition coefficient (Wildman–Crippen LogP) is 3.67. The van der Waals surface area contributed by atoms with Crippen LogP contribution in [-0.2, 0) is 6.42 Å². The molecule has 0 bridgehead atoms. The molecule has 0 radical (unpaired) electrons. The molecule has 0 saturated heterocycles. The van der Waals surface area contributed by atoms with Crippen LogP contribution < -0.4 is 5.73 Å². The molecule has 5 nitrogen and oxygen atoms in total. The van der Waals surface area contributed by atoms with Crippen molar-refractivity contribution in [2.24, 2.45) is 5.73 Å². The van der Waals surface area contributed by atoms with Crippen molar-refractivity contribution in [3.63, 3.8) is 0 Å². The number of aromatic carboxylic acids is 1. The van der Waals surface area contributed by atoms with Gasteiger partial charge in [-0.3, -0.25) is 4.98 Å². The van der Waals surface area contributed by atoms with Gasteiger partial charge in [-0.1, -0.05) is 12.1 Å². The molecular weight excluding hydrogens is 334 g/mol. The molecule has 25 heavy (non-hydrogen) atoms. The topological polar surface area (TPSA) is 92.0 Å². The number of hydrogen-bond donors (Lipinski definition) is 3. The van der Waals surface area contributed by atoms with Crippen molar-refractivity contribution in [1.29, 1.82) is 0 Å². The zero-order valence-corrected chi connectivity index (χ0v) is 14.6. The molecule has 0 unspecified atom stereocenters. The first-order valence-electron chi connectivity index (χ1n) is 7.88. The summed E-state index contributed by atoms with van der Waals surface area (Å²) in [6.45, 7) is 0.392. The molecular formula is C19H19N3O2S. The quantitative estimate of drug-likeness (QED) is 0.588. The second-order valence-corrected chi connectivity index (χ2v) is 6.46. The number of nitrogens with zero attached hydrogens (tertiary/aromatic N) is 1. The van der Waals surface area contributed by atoms with Crippen LogP contribution in [0.3, 0.4) is 0 Å². The van der Waals surface area contributed by atoms with Gasteiger partial charge in [-0.25, -0.2) is 4.79 Å². The van der Waals surface area contributed by atoms with Crippen LogP contribution in [0.4, 0.5) is 0 Å². The number of aromatic amines is 1. The van der Waals surface area contributed by atoms with Gasteiger partial charge in [0.2, 0.25) is 0 Å². The van der Waals surface area contributed by atoms with Gasteiger partial charge in [-0.05, 0) is 43.1 Å². The maximum Gasteiger partial charge on any atom is 0.337 e. The van der Waals surface area contributed by atoms with E-state index in [4.69, 9.17) is 5.73 Å². The Bertz CT molecular complexity index is 905. The summed E-state index contributed by atoms with van der Waals surface area (Å²) in [5, 5.41) is 9.37. The van der Waals surface area contributed by atoms with Gasteiger partial charge < -0.3 is 15.8 Å². The van der Waals surface area contributed by atoms with E-state index in [0.29, 0.717) is 18.7 Å². The van der Waals surface area contributed by atoms with E-state index < -0.39 is 5.97 Å². The molecule has 6 heteroatoms. The minimum absolute atomic E-state index is 0.267. The Morgan fingerprint density at radius 3 is 2.80 bits per heavy atom. The zero-order chi connectivity index (χ0) is 17.8. The first-order valence-corrected chi connectivity index (χ1v) is 9.11. The van der Waals surface area contributed by atoms with E-state index in [1.165, 1.54) is 4.90 Å². The molecule has 0 aliphatic rings. The first-order chi connectivity index (χ1) is 12.1. The van der Waals surface area contributed by atoms with E-state index in [-0.39, 0.29) is 5.56 Å². The predicted molar refractivity (Wildman–Crippen MR) is 101 cm³/mol. The molecule has 3 rings (SSSR count). The minimum Gasteiger partial charge on any atom is -0.478 e. The van der Waals surface area contributed by atoms with Crippen molar-refractivity contribution >= 4 is 17.7 Å². The number of aromatic nitrogens is 2. The van der Waals surface area contributed by atoms with Crippen molar-refractivity contribution in [1.82, 2.24) is 9.97 Å². The van der Waals surface area contributed by atoms with E-state index in [1.807, 2.05) is 30.5 Å². The summed E-state index contributed by atoms with van der Waals surface area (Å²) in [6, 6.07) is 13.7. The van der Waals surface area contributed by atoms with Gasteiger partial charge in [0.25, 0.3) is 0 Å². The highest BCUT2D eigenvalue weighted by Crippen LogP contribution is 2.28. The largest absolute Gasteiger partial charge is 0.478 e. The monoisotopic (exact) mass is 353 g/mol. The molecule has 0 aliphatic carbocycles. The van der Waals surface area contributed by atoms with E-state index in [1.54, 1.807) is 24.0 Å². The van der Waals surface area contributed by atoms with Crippen LogP contribution in [0.1, 0.15) is 16.1 Å². The number of rotatable bonds is 6. The standard InChI is InChI=1S/C19H19N3O2S/c1-25-14-4-2-3-12(9-14)17-10-13(6-8-21-17)18-11-15(19(23)24)16(22-18)5-7-20/h2-4,6,8-11,22H,5,7,20H2,1H3,(H,23,24). The van der Waals surface area contributed by atoms with Gasteiger partial charge in [0.15, 0.2) is 0 Å². The normalized spacial score (nSPS) is 10.8. The molecule has 0 fully saturated rings. The molecule has 0 spiro atoms. The third-order valence-corrected chi connectivity index (χ3v) is 4.69. The summed E-state index contributed by atoms with van der Waals surface area (Å²) in [5.74, 6) is -0.951. The number of H-pyrrole nitrogens is 1. The summed E-state index contributed by atoms with van der Waals surface area (Å²) < 4.78 is 0. The van der Waals surface area contributed by atoms with E-state index >= 15 is 0 Å². The second-order valence-electron chi connectivity index (χ2n) is 5.58. The Balaban J connectivity index is 2.01. The van der Waals surface area contributed by atoms with Gasteiger partial charge in [0, 0.05) is 40.0 Å². The molecule has 128 valence electrons. The summed E-state index contributed by atoms with van der Waals surface area (Å²) in [6.07, 6.45) is 4.27. The van der Waals surface area contributed by atoms with Crippen LogP contribution in [-0.4, -0.2) is 33.8 Å². The van der Waals surface area contributed by atoms with Crippen LogP contribution in [0.2, 0.25) is 0 Å². The first kappa shape index (κ1) is 17.3. The molecule has 0 saturated carbocycles. The van der Waals surface area contributed by atoms with Gasteiger partial charge >= 0.3 is 5.97 Å². The lowest BCUT2D eigenvalue weighted by molar-refractivity contribution is 0.0696. The van der Waals surface area contributed by atoms with Crippen molar-refractivity contribution < 1.29 is 9.90 Å². The lowest BCUT2D eigenvalue weighted by Crippen LogP contribution is -2.07. The van der Waals surface area contributed by atoms with Crippen molar-refractivity contribution in [3.05, 3.63) is 59.9 Å². The molecule has 2 aromatic heterocycles. The second kappa shape index (κ2) is 7.55. The van der Waals surface area contributed by atoms with Gasteiger partial charge in [0.05, 0.1) is 11.3 Å². The summed E-state index contributed by atoms with van der Waals surface area (Å²) in [4.78, 5) is 20.2. The Morgan fingerprint density at radius 1 is 1.24 bits per heavy atom. The van der Waals surface area contributed by atoms with Crippen molar-refractivity contribution in [3.8, 4) is 22.5 Å². The lowest BCUT2D eigenvalue weighted by atomic mass is 10.1. The number of hydrogen-bond acceptors (Lipinski definition) is 4. The highest BCUT2D eigenvalue weighted by molar-refractivity contribution is 7.98. The fourth-order valence-electron chi connectivity index (χ4n) is 2.72. The van der Waals surface area contributed by atoms with Crippen LogP contribution in [0.25, 0.3) is 22.5 Å². The molecule has 0 aliphatic heterocycles. The van der Waals surface area contributed by atoms with Crippen molar-refractivity contribution in [2.45, 2.75) is 11.3 Å². The Kier molecular flexibility index (Phi) is 5.21. The van der Waals surface area contributed by atoms with E-state index in [9.17, 15) is 9.90 Å². The highest BCUT2D eigenvalue weighted by atomic mass is 32.2. The number of carboxylic acid groups (broad SMARTS) is 1. The lowest BCUT2D eigenvalue weighted by Gasteiger charge is -2.05. The van der Waals surface area contributed by atoms with Crippen LogP contribution in [0.15, 0.2) is 53.6 Å². The number of carbonyl (C=O) groups is 1. The van der Waals surface area contributed by atoms with Gasteiger partial charge in [-0.2, -0.15) is 0 Å². The number of nitrogens with one attached hydrogen (secondary N) is 1. The Labute approximate surface area is 150 Å². The van der Waals surface area contributed by atoms with Crippen molar-refractivity contribution in [2.75, 3.05) is 12.8 Å². The smallest absolute Gasteiger partial charge is 0.337 e. The molecule has 0 atom stereocenters. The van der Waals surface area contributed by atoms with Crippen LogP contribution in [0.5, 0.6) is 0 Å². The SMILES string of the molecule is CSc1cccc(-c2cc(-c3cc(C(=O)O)c(CCN)[nH]3)ccn2)c1. The van der Waals surface area contributed by atoms with Crippen LogP contribution >= 0.6 is 11.8 Å². The number of benzene rings is 1. The summed E-state index contributed by atoms with van der Waals surface area (Å²) >= 11 is 1.68. The van der Waals surface area contributed by atoms with Crippen LogP contribution in [0, 0.1) is 0 Å². The molecule has 1 aromatic carbocycles. The molecule has 2 heterocycles. The number of thioether (sulfide) groups is 1. The van der Waals surface area contributed by atoms with Gasteiger partial charge in [0.1, 0.15) is 0 Å². The number of carboxylic acids is 1. The Morgan fingerprint density at radius 2 is 2.08 bits per heavy atom. The number of nitrogens with two attached hydrogens (primary N) is 1. The fourth-order valence-corrected chi connectivity index (χ4v) is 3.18. The molecule has 0 amide bonds. The maximum atomic E-state index is 11.4. The number of pyridine rings is 1. The summed E-state index contributed by atoms with van der Waals surface area (Å²) in [7, 11) is 0. The third kappa shape index (κ3) is 3.75. The minimum atomic E-state index is -0.951. The third-order valence-electron chi connectivity index (χ3n) is 3.96. The highest BCUT2D eigenvalue weighted by Gasteiger charge is 2.15. The average molecular weight is 353 g/mol.